The Bertz CT molecular complexity index is 1320. The summed E-state index contributed by atoms with van der Waals surface area (Å²) in [5.74, 6) is -0.529. The summed E-state index contributed by atoms with van der Waals surface area (Å²) in [6.45, 7) is 4.14. The molecule has 0 atom stereocenters. The minimum Gasteiger partial charge on any atom is -0.489 e. The lowest BCUT2D eigenvalue weighted by Crippen LogP contribution is -2.54. The molecule has 0 radical (unpaired) electrons. The standard InChI is InChI=1S/C27H21ClN2O5/c1-2-15-34-24-10-6-4-7-18(24)16-22-25(31)29-27(33)30(26(22)32)20-11-13-21(14-12-20)35-17-19-8-3-5-9-23(19)28/h2-14,16H,1,15,17H2,(H,29,31,33)/b22-16+. The molecule has 1 N–H and O–H groups in total. The number of para-hydroxylation sites is 1. The molecule has 0 aromatic heterocycles. The number of hydrogen-bond acceptors (Lipinski definition) is 5. The van der Waals surface area contributed by atoms with Crippen LogP contribution in [0.1, 0.15) is 11.1 Å². The van der Waals surface area contributed by atoms with Gasteiger partial charge < -0.3 is 9.47 Å². The van der Waals surface area contributed by atoms with Gasteiger partial charge in [-0.1, -0.05) is 60.7 Å². The molecule has 8 heteroatoms. The summed E-state index contributed by atoms with van der Waals surface area (Å²) in [6, 6.07) is 19.8. The van der Waals surface area contributed by atoms with Crippen molar-refractivity contribution in [3.05, 3.63) is 107 Å². The third-order valence-corrected chi connectivity index (χ3v) is 5.49. The van der Waals surface area contributed by atoms with Crippen molar-refractivity contribution in [2.75, 3.05) is 11.5 Å². The lowest BCUT2D eigenvalue weighted by atomic mass is 10.1. The second kappa shape index (κ2) is 10.7. The Balaban J connectivity index is 1.55. The number of amides is 4. The van der Waals surface area contributed by atoms with Crippen LogP contribution in [-0.2, 0) is 16.2 Å². The van der Waals surface area contributed by atoms with Crippen LogP contribution >= 0.6 is 11.6 Å². The number of anilines is 1. The molecule has 0 spiro atoms. The molecule has 0 saturated carbocycles. The van der Waals surface area contributed by atoms with E-state index in [1.807, 2.05) is 18.2 Å². The molecule has 35 heavy (non-hydrogen) atoms. The summed E-state index contributed by atoms with van der Waals surface area (Å²) in [7, 11) is 0. The van der Waals surface area contributed by atoms with E-state index in [1.165, 1.54) is 6.08 Å². The first-order chi connectivity index (χ1) is 17.0. The Hall–Kier alpha value is -4.36. The molecule has 1 aliphatic rings. The van der Waals surface area contributed by atoms with E-state index in [4.69, 9.17) is 21.1 Å². The van der Waals surface area contributed by atoms with Gasteiger partial charge in [-0.25, -0.2) is 9.69 Å². The van der Waals surface area contributed by atoms with Gasteiger partial charge >= 0.3 is 6.03 Å². The molecule has 7 nitrogen and oxygen atoms in total. The molecule has 3 aromatic carbocycles. The Morgan fingerprint density at radius 1 is 0.914 bits per heavy atom. The first-order valence-electron chi connectivity index (χ1n) is 10.7. The normalized spacial score (nSPS) is 14.6. The van der Waals surface area contributed by atoms with Gasteiger partial charge in [0.2, 0.25) is 0 Å². The summed E-state index contributed by atoms with van der Waals surface area (Å²) in [5, 5.41) is 2.81. The fraction of sp³-hybridized carbons (Fsp3) is 0.0741. The van der Waals surface area contributed by atoms with E-state index in [-0.39, 0.29) is 24.5 Å². The number of rotatable bonds is 8. The lowest BCUT2D eigenvalue weighted by Gasteiger charge is -2.26. The quantitative estimate of drug-likeness (QED) is 0.269. The number of carbonyl (C=O) groups excluding carboxylic acids is 3. The van der Waals surface area contributed by atoms with Crippen LogP contribution in [0.4, 0.5) is 10.5 Å². The number of barbiturate groups is 1. The van der Waals surface area contributed by atoms with Crippen molar-refractivity contribution in [2.24, 2.45) is 0 Å². The van der Waals surface area contributed by atoms with Gasteiger partial charge in [-0.3, -0.25) is 14.9 Å². The van der Waals surface area contributed by atoms with Crippen LogP contribution in [0.2, 0.25) is 5.02 Å². The predicted molar refractivity (Wildman–Crippen MR) is 133 cm³/mol. The van der Waals surface area contributed by atoms with Gasteiger partial charge in [-0.05, 0) is 42.5 Å². The van der Waals surface area contributed by atoms with E-state index in [0.717, 1.165) is 10.5 Å². The van der Waals surface area contributed by atoms with E-state index in [0.29, 0.717) is 22.1 Å². The first-order valence-corrected chi connectivity index (χ1v) is 11.1. The van der Waals surface area contributed by atoms with Crippen molar-refractivity contribution in [1.82, 2.24) is 5.32 Å². The molecular weight excluding hydrogens is 468 g/mol. The zero-order valence-corrected chi connectivity index (χ0v) is 19.3. The molecule has 1 saturated heterocycles. The van der Waals surface area contributed by atoms with Gasteiger partial charge in [0.05, 0.1) is 5.69 Å². The number of nitrogens with one attached hydrogen (secondary N) is 1. The van der Waals surface area contributed by atoms with E-state index in [1.54, 1.807) is 60.7 Å². The minimum absolute atomic E-state index is 0.196. The number of carbonyl (C=O) groups is 3. The molecule has 0 bridgehead atoms. The summed E-state index contributed by atoms with van der Waals surface area (Å²) in [6.07, 6.45) is 2.99. The van der Waals surface area contributed by atoms with E-state index in [2.05, 4.69) is 11.9 Å². The predicted octanol–water partition coefficient (Wildman–Crippen LogP) is 5.15. The number of ether oxygens (including phenoxy) is 2. The highest BCUT2D eigenvalue weighted by atomic mass is 35.5. The van der Waals surface area contributed by atoms with Gasteiger partial charge in [0, 0.05) is 16.1 Å². The largest absolute Gasteiger partial charge is 0.489 e. The van der Waals surface area contributed by atoms with Crippen molar-refractivity contribution in [3.63, 3.8) is 0 Å². The minimum atomic E-state index is -0.835. The summed E-state index contributed by atoms with van der Waals surface area (Å²) >= 11 is 6.15. The zero-order valence-electron chi connectivity index (χ0n) is 18.6. The van der Waals surface area contributed by atoms with Gasteiger partial charge in [0.1, 0.15) is 30.3 Å². The van der Waals surface area contributed by atoms with Gasteiger partial charge in [0.15, 0.2) is 0 Å². The molecule has 0 aliphatic carbocycles. The molecule has 3 aromatic rings. The SMILES string of the molecule is C=CCOc1ccccc1/C=C1\C(=O)NC(=O)N(c2ccc(OCc3ccccc3Cl)cc2)C1=O. The van der Waals surface area contributed by atoms with Crippen LogP contribution < -0.4 is 19.7 Å². The maximum Gasteiger partial charge on any atom is 0.335 e. The molecule has 176 valence electrons. The van der Waals surface area contributed by atoms with Crippen molar-refractivity contribution in [2.45, 2.75) is 6.61 Å². The fourth-order valence-electron chi connectivity index (χ4n) is 3.40. The third kappa shape index (κ3) is 5.42. The van der Waals surface area contributed by atoms with E-state index < -0.39 is 17.8 Å². The first kappa shape index (κ1) is 23.8. The van der Waals surface area contributed by atoms with Crippen LogP contribution in [-0.4, -0.2) is 24.5 Å². The van der Waals surface area contributed by atoms with Crippen LogP contribution in [0.15, 0.2) is 91.0 Å². The van der Waals surface area contributed by atoms with Crippen LogP contribution in [0.5, 0.6) is 11.5 Å². The molecule has 1 fully saturated rings. The molecule has 0 unspecified atom stereocenters. The smallest absolute Gasteiger partial charge is 0.335 e. The second-order valence-corrected chi connectivity index (χ2v) is 7.88. The number of benzene rings is 3. The van der Waals surface area contributed by atoms with E-state index in [9.17, 15) is 14.4 Å². The maximum absolute atomic E-state index is 13.2. The summed E-state index contributed by atoms with van der Waals surface area (Å²) in [5.41, 5.74) is 1.44. The van der Waals surface area contributed by atoms with Gasteiger partial charge in [-0.2, -0.15) is 0 Å². The fourth-order valence-corrected chi connectivity index (χ4v) is 3.59. The topological polar surface area (TPSA) is 84.9 Å². The van der Waals surface area contributed by atoms with Crippen molar-refractivity contribution >= 4 is 41.2 Å². The van der Waals surface area contributed by atoms with Crippen LogP contribution in [0.25, 0.3) is 6.08 Å². The molecule has 4 rings (SSSR count). The average molecular weight is 489 g/mol. The highest BCUT2D eigenvalue weighted by Gasteiger charge is 2.37. The van der Waals surface area contributed by atoms with Crippen molar-refractivity contribution < 1.29 is 23.9 Å². The number of halogens is 1. The van der Waals surface area contributed by atoms with E-state index >= 15 is 0 Å². The van der Waals surface area contributed by atoms with Gasteiger partial charge in [-0.15, -0.1) is 0 Å². The number of imide groups is 2. The zero-order chi connectivity index (χ0) is 24.8. The van der Waals surface area contributed by atoms with Gasteiger partial charge in [0.25, 0.3) is 11.8 Å². The lowest BCUT2D eigenvalue weighted by molar-refractivity contribution is -0.122. The number of nitrogens with zero attached hydrogens (tertiary/aromatic N) is 1. The molecule has 4 amide bonds. The Kier molecular flexibility index (Phi) is 7.28. The summed E-state index contributed by atoms with van der Waals surface area (Å²) < 4.78 is 11.4. The van der Waals surface area contributed by atoms with Crippen LogP contribution in [0, 0.1) is 0 Å². The van der Waals surface area contributed by atoms with Crippen molar-refractivity contribution in [1.29, 1.82) is 0 Å². The highest BCUT2D eigenvalue weighted by Crippen LogP contribution is 2.27. The number of hydrogen-bond donors (Lipinski definition) is 1. The maximum atomic E-state index is 13.2. The van der Waals surface area contributed by atoms with Crippen molar-refractivity contribution in [3.8, 4) is 11.5 Å². The average Bonchev–Trinajstić information content (AvgIpc) is 2.86. The monoisotopic (exact) mass is 488 g/mol. The molecule has 1 heterocycles. The second-order valence-electron chi connectivity index (χ2n) is 7.47. The third-order valence-electron chi connectivity index (χ3n) is 5.12. The Morgan fingerprint density at radius 2 is 1.63 bits per heavy atom. The van der Waals surface area contributed by atoms with Crippen LogP contribution in [0.3, 0.4) is 0 Å². The number of urea groups is 1. The summed E-state index contributed by atoms with van der Waals surface area (Å²) in [4.78, 5) is 39.1. The molecular formula is C27H21ClN2O5. The highest BCUT2D eigenvalue weighted by molar-refractivity contribution is 6.39. The Labute approximate surface area is 207 Å². The Morgan fingerprint density at radius 3 is 2.37 bits per heavy atom. The molecule has 1 aliphatic heterocycles.